The van der Waals surface area contributed by atoms with Crippen molar-refractivity contribution in [3.63, 3.8) is 0 Å². The molecule has 1 aliphatic heterocycles. The number of aromatic nitrogens is 4. The first-order valence-electron chi connectivity index (χ1n) is 14.4. The van der Waals surface area contributed by atoms with Gasteiger partial charge in [-0.1, -0.05) is 84.9 Å². The molecule has 0 radical (unpaired) electrons. The largest absolute Gasteiger partial charge is 0.308 e. The van der Waals surface area contributed by atoms with Crippen LogP contribution >= 0.6 is 0 Å². The summed E-state index contributed by atoms with van der Waals surface area (Å²) in [6, 6.07) is 36.9. The number of hydrogen-bond donors (Lipinski definition) is 0. The minimum absolute atomic E-state index is 0.347. The first kappa shape index (κ1) is 25.7. The number of fused-ring (bicyclic) bond motifs is 4. The molecule has 0 spiro atoms. The van der Waals surface area contributed by atoms with Gasteiger partial charge in [0.25, 0.3) is 11.8 Å². The second-order valence-corrected chi connectivity index (χ2v) is 10.8. The molecule has 5 aromatic carbocycles. The zero-order valence-electron chi connectivity index (χ0n) is 24.0. The van der Waals surface area contributed by atoms with E-state index in [1.807, 2.05) is 111 Å². The summed E-state index contributed by atoms with van der Waals surface area (Å²) < 4.78 is 2.07. The lowest BCUT2D eigenvalue weighted by atomic mass is 10.0. The van der Waals surface area contributed by atoms with Crippen LogP contribution in [-0.4, -0.2) is 31.3 Å². The fourth-order valence-corrected chi connectivity index (χ4v) is 6.39. The van der Waals surface area contributed by atoms with Crippen molar-refractivity contribution >= 4 is 39.3 Å². The minimum atomic E-state index is -0.362. The van der Waals surface area contributed by atoms with E-state index in [1.54, 1.807) is 6.07 Å². The van der Waals surface area contributed by atoms with E-state index in [1.165, 1.54) is 4.90 Å². The molecule has 7 heteroatoms. The van der Waals surface area contributed by atoms with Crippen molar-refractivity contribution < 1.29 is 9.59 Å². The molecule has 0 N–H and O–H groups in total. The summed E-state index contributed by atoms with van der Waals surface area (Å²) >= 11 is 0. The standard InChI is InChI=1S/C37H25N5O2/c1-22-38-23(2)40-35(39-22)29-18-10-16-27-26-15-7-9-20-31(26)41(34(27)29)32-21-11-17-28-33(32)37(44)42(36(28)43)30-19-8-6-14-25(30)24-12-4-3-5-13-24/h3-21H,1-2H3. The lowest BCUT2D eigenvalue weighted by Gasteiger charge is -2.19. The van der Waals surface area contributed by atoms with Gasteiger partial charge in [0.2, 0.25) is 0 Å². The van der Waals surface area contributed by atoms with Gasteiger partial charge in [-0.05, 0) is 49.7 Å². The maximum Gasteiger partial charge on any atom is 0.268 e. The first-order chi connectivity index (χ1) is 21.5. The third-order valence-electron chi connectivity index (χ3n) is 8.16. The Kier molecular flexibility index (Phi) is 5.74. The van der Waals surface area contributed by atoms with Crippen molar-refractivity contribution in [2.24, 2.45) is 0 Å². The summed E-state index contributed by atoms with van der Waals surface area (Å²) in [5.41, 5.74) is 6.22. The van der Waals surface area contributed by atoms with Gasteiger partial charge in [-0.3, -0.25) is 9.59 Å². The number of carbonyl (C=O) groups excluding carboxylic acids is 2. The predicted octanol–water partition coefficient (Wildman–Crippen LogP) is 7.72. The molecule has 210 valence electrons. The number of imide groups is 1. The van der Waals surface area contributed by atoms with E-state index in [4.69, 9.17) is 0 Å². The number of para-hydroxylation sites is 3. The highest BCUT2D eigenvalue weighted by Crippen LogP contribution is 2.42. The maximum atomic E-state index is 14.5. The van der Waals surface area contributed by atoms with Gasteiger partial charge in [-0.25, -0.2) is 19.9 Å². The van der Waals surface area contributed by atoms with E-state index >= 15 is 0 Å². The normalized spacial score (nSPS) is 12.8. The molecule has 0 saturated carbocycles. The maximum absolute atomic E-state index is 14.5. The number of carbonyl (C=O) groups is 2. The molecule has 8 rings (SSSR count). The summed E-state index contributed by atoms with van der Waals surface area (Å²) in [7, 11) is 0. The number of benzene rings is 5. The molecule has 0 aliphatic carbocycles. The Morgan fingerprint density at radius 2 is 1.14 bits per heavy atom. The molecule has 7 nitrogen and oxygen atoms in total. The Labute approximate surface area is 253 Å². The zero-order valence-corrected chi connectivity index (χ0v) is 24.0. The van der Waals surface area contributed by atoms with Crippen LogP contribution in [0.15, 0.2) is 115 Å². The van der Waals surface area contributed by atoms with Crippen LogP contribution in [0.2, 0.25) is 0 Å². The van der Waals surface area contributed by atoms with Crippen LogP contribution in [0.4, 0.5) is 5.69 Å². The van der Waals surface area contributed by atoms with E-state index in [0.717, 1.165) is 38.5 Å². The highest BCUT2D eigenvalue weighted by atomic mass is 16.2. The lowest BCUT2D eigenvalue weighted by molar-refractivity contribution is 0.0926. The molecule has 44 heavy (non-hydrogen) atoms. The summed E-state index contributed by atoms with van der Waals surface area (Å²) in [5, 5.41) is 2.02. The molecule has 0 fully saturated rings. The van der Waals surface area contributed by atoms with Crippen molar-refractivity contribution in [1.82, 2.24) is 19.5 Å². The second-order valence-electron chi connectivity index (χ2n) is 10.8. The third-order valence-corrected chi connectivity index (χ3v) is 8.16. The second kappa shape index (κ2) is 9.81. The van der Waals surface area contributed by atoms with E-state index < -0.39 is 0 Å². The van der Waals surface area contributed by atoms with Gasteiger partial charge < -0.3 is 4.57 Å². The summed E-state index contributed by atoms with van der Waals surface area (Å²) in [5.74, 6) is 1.10. The molecule has 2 amide bonds. The van der Waals surface area contributed by atoms with Gasteiger partial charge >= 0.3 is 0 Å². The van der Waals surface area contributed by atoms with Gasteiger partial charge in [-0.2, -0.15) is 0 Å². The average molecular weight is 572 g/mol. The van der Waals surface area contributed by atoms with Crippen molar-refractivity contribution in [2.75, 3.05) is 4.90 Å². The number of anilines is 1. The number of amides is 2. The Morgan fingerprint density at radius 3 is 1.95 bits per heavy atom. The van der Waals surface area contributed by atoms with E-state index in [-0.39, 0.29) is 11.8 Å². The smallest absolute Gasteiger partial charge is 0.268 e. The summed E-state index contributed by atoms with van der Waals surface area (Å²) in [4.78, 5) is 43.6. The van der Waals surface area contributed by atoms with E-state index in [2.05, 4.69) is 31.7 Å². The van der Waals surface area contributed by atoms with Gasteiger partial charge in [-0.15, -0.1) is 0 Å². The number of rotatable bonds is 4. The van der Waals surface area contributed by atoms with Gasteiger partial charge in [0.05, 0.1) is 33.5 Å². The molecule has 0 unspecified atom stereocenters. The minimum Gasteiger partial charge on any atom is -0.308 e. The molecule has 0 saturated heterocycles. The molecule has 7 aromatic rings. The Balaban J connectivity index is 1.40. The molecule has 0 atom stereocenters. The predicted molar refractivity (Wildman–Crippen MR) is 172 cm³/mol. The fraction of sp³-hybridized carbons (Fsp3) is 0.0541. The quantitative estimate of drug-likeness (QED) is 0.202. The van der Waals surface area contributed by atoms with Crippen molar-refractivity contribution in [3.05, 3.63) is 138 Å². The van der Waals surface area contributed by atoms with E-state index in [9.17, 15) is 9.59 Å². The lowest BCUT2D eigenvalue weighted by Crippen LogP contribution is -2.30. The van der Waals surface area contributed by atoms with Crippen LogP contribution in [0.5, 0.6) is 0 Å². The molecular weight excluding hydrogens is 546 g/mol. The van der Waals surface area contributed by atoms with Crippen molar-refractivity contribution in [3.8, 4) is 28.2 Å². The Hall–Kier alpha value is -5.95. The molecule has 0 bridgehead atoms. The summed E-state index contributed by atoms with van der Waals surface area (Å²) in [6.45, 7) is 3.70. The van der Waals surface area contributed by atoms with Gasteiger partial charge in [0, 0.05) is 21.9 Å². The van der Waals surface area contributed by atoms with Crippen LogP contribution in [0.1, 0.15) is 32.4 Å². The Morgan fingerprint density at radius 1 is 0.523 bits per heavy atom. The number of aryl methyl sites for hydroxylation is 2. The highest BCUT2D eigenvalue weighted by Gasteiger charge is 2.40. The van der Waals surface area contributed by atoms with Crippen LogP contribution in [0, 0.1) is 13.8 Å². The topological polar surface area (TPSA) is 81.0 Å². The van der Waals surface area contributed by atoms with Gasteiger partial charge in [0.15, 0.2) is 5.82 Å². The monoisotopic (exact) mass is 571 g/mol. The van der Waals surface area contributed by atoms with Crippen LogP contribution in [0.3, 0.4) is 0 Å². The average Bonchev–Trinajstić information content (AvgIpc) is 3.52. The molecule has 3 heterocycles. The fourth-order valence-electron chi connectivity index (χ4n) is 6.39. The van der Waals surface area contributed by atoms with Gasteiger partial charge in [0.1, 0.15) is 11.6 Å². The zero-order chi connectivity index (χ0) is 29.9. The van der Waals surface area contributed by atoms with Crippen molar-refractivity contribution in [2.45, 2.75) is 13.8 Å². The Bertz CT molecular complexity index is 2290. The third kappa shape index (κ3) is 3.79. The van der Waals surface area contributed by atoms with Crippen molar-refractivity contribution in [1.29, 1.82) is 0 Å². The SMILES string of the molecule is Cc1nc(C)nc(-c2cccc3c4ccccc4n(-c4cccc5c4C(=O)N(c4ccccc4-c4ccccc4)C5=O)c23)n1. The molecule has 1 aliphatic rings. The summed E-state index contributed by atoms with van der Waals surface area (Å²) in [6.07, 6.45) is 0. The number of hydrogen-bond acceptors (Lipinski definition) is 5. The van der Waals surface area contributed by atoms with E-state index in [0.29, 0.717) is 40.0 Å². The van der Waals surface area contributed by atoms with Crippen LogP contribution in [0.25, 0.3) is 50.0 Å². The highest BCUT2D eigenvalue weighted by molar-refractivity contribution is 6.36. The first-order valence-corrected chi connectivity index (χ1v) is 14.4. The van der Waals surface area contributed by atoms with Crippen LogP contribution < -0.4 is 4.90 Å². The number of nitrogens with zero attached hydrogens (tertiary/aromatic N) is 5. The molecule has 2 aromatic heterocycles. The van der Waals surface area contributed by atoms with Crippen LogP contribution in [-0.2, 0) is 0 Å². The molecular formula is C37H25N5O2.